The SMILES string of the molecule is Cc1cccn1C1(C(=O)O)CCCC1. The van der Waals surface area contributed by atoms with Crippen molar-refractivity contribution >= 4 is 5.97 Å². The standard InChI is InChI=1S/C11H15NO2/c1-9-5-4-8-12(9)11(10(13)14)6-2-3-7-11/h4-5,8H,2-3,6-7H2,1H3,(H,13,14). The normalized spacial score (nSPS) is 19.8. The average molecular weight is 193 g/mol. The Hall–Kier alpha value is -1.25. The van der Waals surface area contributed by atoms with Crippen LogP contribution >= 0.6 is 0 Å². The molecule has 0 bridgehead atoms. The molecular formula is C11H15NO2. The van der Waals surface area contributed by atoms with Gasteiger partial charge in [-0.15, -0.1) is 0 Å². The number of carboxylic acids is 1. The minimum atomic E-state index is -0.686. The molecule has 1 aromatic rings. The van der Waals surface area contributed by atoms with Gasteiger partial charge in [0.2, 0.25) is 0 Å². The fourth-order valence-electron chi connectivity index (χ4n) is 2.46. The molecule has 0 aliphatic heterocycles. The summed E-state index contributed by atoms with van der Waals surface area (Å²) in [5, 5.41) is 9.34. The minimum Gasteiger partial charge on any atom is -0.479 e. The Balaban J connectivity index is 2.46. The molecule has 0 saturated heterocycles. The third kappa shape index (κ3) is 1.15. The molecule has 0 spiro atoms. The average Bonchev–Trinajstić information content (AvgIpc) is 2.72. The molecule has 1 saturated carbocycles. The first-order valence-corrected chi connectivity index (χ1v) is 5.05. The molecule has 3 nitrogen and oxygen atoms in total. The van der Waals surface area contributed by atoms with Crippen LogP contribution in [0.1, 0.15) is 31.4 Å². The van der Waals surface area contributed by atoms with Gasteiger partial charge in [-0.05, 0) is 31.9 Å². The van der Waals surface area contributed by atoms with Gasteiger partial charge in [0.1, 0.15) is 5.54 Å². The van der Waals surface area contributed by atoms with Crippen molar-refractivity contribution in [1.29, 1.82) is 0 Å². The largest absolute Gasteiger partial charge is 0.479 e. The molecular weight excluding hydrogens is 178 g/mol. The van der Waals surface area contributed by atoms with E-state index in [0.717, 1.165) is 31.4 Å². The van der Waals surface area contributed by atoms with E-state index in [-0.39, 0.29) is 0 Å². The topological polar surface area (TPSA) is 42.2 Å². The van der Waals surface area contributed by atoms with Crippen LogP contribution in [-0.4, -0.2) is 15.6 Å². The zero-order chi connectivity index (χ0) is 10.2. The minimum absolute atomic E-state index is 0.659. The summed E-state index contributed by atoms with van der Waals surface area (Å²) in [6.07, 6.45) is 5.44. The smallest absolute Gasteiger partial charge is 0.329 e. The van der Waals surface area contributed by atoms with Crippen molar-refractivity contribution in [3.8, 4) is 0 Å². The lowest BCUT2D eigenvalue weighted by atomic mass is 9.97. The predicted octanol–water partition coefficient (Wildman–Crippen LogP) is 2.15. The summed E-state index contributed by atoms with van der Waals surface area (Å²) < 4.78 is 1.92. The van der Waals surface area contributed by atoms with Gasteiger partial charge in [0.15, 0.2) is 0 Å². The van der Waals surface area contributed by atoms with E-state index >= 15 is 0 Å². The molecule has 0 amide bonds. The van der Waals surface area contributed by atoms with E-state index in [1.54, 1.807) is 0 Å². The van der Waals surface area contributed by atoms with Crippen molar-refractivity contribution in [2.24, 2.45) is 0 Å². The molecule has 1 heterocycles. The van der Waals surface area contributed by atoms with Crippen LogP contribution in [0.4, 0.5) is 0 Å². The van der Waals surface area contributed by atoms with Gasteiger partial charge in [-0.3, -0.25) is 0 Å². The Morgan fingerprint density at radius 3 is 2.57 bits per heavy atom. The number of aliphatic carboxylic acids is 1. The fourth-order valence-corrected chi connectivity index (χ4v) is 2.46. The van der Waals surface area contributed by atoms with E-state index in [4.69, 9.17) is 0 Å². The first-order chi connectivity index (χ1) is 6.67. The zero-order valence-electron chi connectivity index (χ0n) is 8.36. The van der Waals surface area contributed by atoms with Gasteiger partial charge in [-0.1, -0.05) is 12.8 Å². The number of carbonyl (C=O) groups is 1. The summed E-state index contributed by atoms with van der Waals surface area (Å²) in [6, 6.07) is 3.88. The summed E-state index contributed by atoms with van der Waals surface area (Å²) in [5.41, 5.74) is 0.377. The number of rotatable bonds is 2. The van der Waals surface area contributed by atoms with E-state index in [2.05, 4.69) is 0 Å². The van der Waals surface area contributed by atoms with Crippen molar-refractivity contribution in [2.75, 3.05) is 0 Å². The third-order valence-electron chi connectivity index (χ3n) is 3.24. The van der Waals surface area contributed by atoms with Gasteiger partial charge in [0.05, 0.1) is 0 Å². The van der Waals surface area contributed by atoms with Crippen molar-refractivity contribution in [1.82, 2.24) is 4.57 Å². The number of hydrogen-bond donors (Lipinski definition) is 1. The van der Waals surface area contributed by atoms with Crippen molar-refractivity contribution in [3.05, 3.63) is 24.0 Å². The lowest BCUT2D eigenvalue weighted by Gasteiger charge is -2.27. The lowest BCUT2D eigenvalue weighted by Crippen LogP contribution is -2.39. The molecule has 76 valence electrons. The molecule has 1 N–H and O–H groups in total. The number of aromatic nitrogens is 1. The van der Waals surface area contributed by atoms with E-state index in [0.29, 0.717) is 0 Å². The highest BCUT2D eigenvalue weighted by Crippen LogP contribution is 2.37. The quantitative estimate of drug-likeness (QED) is 0.782. The fraction of sp³-hybridized carbons (Fsp3) is 0.545. The van der Waals surface area contributed by atoms with E-state index in [1.807, 2.05) is 29.8 Å². The second kappa shape index (κ2) is 3.15. The molecule has 1 fully saturated rings. The molecule has 0 radical (unpaired) electrons. The molecule has 3 heteroatoms. The van der Waals surface area contributed by atoms with Crippen LogP contribution in [0.5, 0.6) is 0 Å². The van der Waals surface area contributed by atoms with Crippen LogP contribution in [0.2, 0.25) is 0 Å². The van der Waals surface area contributed by atoms with Gasteiger partial charge >= 0.3 is 5.97 Å². The lowest BCUT2D eigenvalue weighted by molar-refractivity contribution is -0.147. The van der Waals surface area contributed by atoms with Crippen LogP contribution in [-0.2, 0) is 10.3 Å². The first kappa shape index (κ1) is 9.31. The van der Waals surface area contributed by atoms with Gasteiger partial charge in [-0.25, -0.2) is 4.79 Å². The first-order valence-electron chi connectivity index (χ1n) is 5.05. The van der Waals surface area contributed by atoms with Crippen LogP contribution in [0, 0.1) is 6.92 Å². The maximum Gasteiger partial charge on any atom is 0.329 e. The molecule has 1 aliphatic carbocycles. The van der Waals surface area contributed by atoms with Gasteiger partial charge in [0, 0.05) is 11.9 Å². The molecule has 1 aliphatic rings. The van der Waals surface area contributed by atoms with Crippen LogP contribution in [0.25, 0.3) is 0 Å². The number of carboxylic acid groups (broad SMARTS) is 1. The summed E-state index contributed by atoms with van der Waals surface area (Å²) in [6.45, 7) is 1.96. The Labute approximate surface area is 83.4 Å². The van der Waals surface area contributed by atoms with Gasteiger partial charge < -0.3 is 9.67 Å². The van der Waals surface area contributed by atoms with E-state index in [9.17, 15) is 9.90 Å². The second-order valence-corrected chi connectivity index (χ2v) is 4.06. The number of aryl methyl sites for hydroxylation is 1. The highest BCUT2D eigenvalue weighted by Gasteiger charge is 2.43. The zero-order valence-corrected chi connectivity index (χ0v) is 8.36. The summed E-state index contributed by atoms with van der Waals surface area (Å²) in [4.78, 5) is 11.4. The molecule has 2 rings (SSSR count). The van der Waals surface area contributed by atoms with Crippen molar-refractivity contribution < 1.29 is 9.90 Å². The van der Waals surface area contributed by atoms with Gasteiger partial charge in [0.25, 0.3) is 0 Å². The molecule has 0 unspecified atom stereocenters. The predicted molar refractivity (Wildman–Crippen MR) is 53.2 cm³/mol. The Bertz CT molecular complexity index is 348. The number of hydrogen-bond acceptors (Lipinski definition) is 1. The highest BCUT2D eigenvalue weighted by molar-refractivity contribution is 5.77. The van der Waals surface area contributed by atoms with Crippen LogP contribution in [0.15, 0.2) is 18.3 Å². The summed E-state index contributed by atoms with van der Waals surface area (Å²) >= 11 is 0. The maximum atomic E-state index is 11.4. The van der Waals surface area contributed by atoms with Crippen molar-refractivity contribution in [3.63, 3.8) is 0 Å². The Morgan fingerprint density at radius 1 is 1.50 bits per heavy atom. The third-order valence-corrected chi connectivity index (χ3v) is 3.24. The van der Waals surface area contributed by atoms with E-state index in [1.165, 1.54) is 0 Å². The molecule has 14 heavy (non-hydrogen) atoms. The van der Waals surface area contributed by atoms with Crippen molar-refractivity contribution in [2.45, 2.75) is 38.1 Å². The summed E-state index contributed by atoms with van der Waals surface area (Å²) in [7, 11) is 0. The van der Waals surface area contributed by atoms with Crippen LogP contribution < -0.4 is 0 Å². The Kier molecular flexibility index (Phi) is 2.10. The molecule has 0 atom stereocenters. The monoisotopic (exact) mass is 193 g/mol. The highest BCUT2D eigenvalue weighted by atomic mass is 16.4. The number of nitrogens with zero attached hydrogens (tertiary/aromatic N) is 1. The second-order valence-electron chi connectivity index (χ2n) is 4.06. The molecule has 1 aromatic heterocycles. The summed E-state index contributed by atoms with van der Waals surface area (Å²) in [5.74, 6) is -0.686. The van der Waals surface area contributed by atoms with Crippen LogP contribution in [0.3, 0.4) is 0 Å². The maximum absolute atomic E-state index is 11.4. The van der Waals surface area contributed by atoms with E-state index < -0.39 is 11.5 Å². The van der Waals surface area contributed by atoms with Gasteiger partial charge in [-0.2, -0.15) is 0 Å². The molecule has 0 aromatic carbocycles. The Morgan fingerprint density at radius 2 is 2.14 bits per heavy atom.